The van der Waals surface area contributed by atoms with Crippen molar-refractivity contribution in [1.29, 1.82) is 0 Å². The Morgan fingerprint density at radius 1 is 1.13 bits per heavy atom. The largest absolute Gasteiger partial charge is 0.441 e. The third kappa shape index (κ3) is 3.70. The molecule has 0 unspecified atom stereocenters. The first-order chi connectivity index (χ1) is 15.1. The molecule has 1 amide bonds. The summed E-state index contributed by atoms with van der Waals surface area (Å²) in [5.74, 6) is 0.791. The molecule has 31 heavy (non-hydrogen) atoms. The van der Waals surface area contributed by atoms with E-state index in [4.69, 9.17) is 9.40 Å². The van der Waals surface area contributed by atoms with Crippen LogP contribution in [0.5, 0.6) is 0 Å². The fourth-order valence-corrected chi connectivity index (χ4v) is 4.22. The summed E-state index contributed by atoms with van der Waals surface area (Å²) in [7, 11) is 0. The summed E-state index contributed by atoms with van der Waals surface area (Å²) in [6.07, 6.45) is 0. The molecule has 6 heteroatoms. The highest BCUT2D eigenvalue weighted by molar-refractivity contribution is 5.94. The lowest BCUT2D eigenvalue weighted by Gasteiger charge is -2.34. The van der Waals surface area contributed by atoms with Crippen LogP contribution in [0.15, 0.2) is 71.1 Å². The molecule has 1 aliphatic rings. The van der Waals surface area contributed by atoms with E-state index in [-0.39, 0.29) is 11.7 Å². The third-order valence-electron chi connectivity index (χ3n) is 5.74. The second-order valence-electron chi connectivity index (χ2n) is 7.77. The molecule has 156 valence electrons. The molecule has 4 aromatic rings. The smallest absolute Gasteiger partial charge is 0.242 e. The number of amides is 1. The Balaban J connectivity index is 1.48. The van der Waals surface area contributed by atoms with Gasteiger partial charge >= 0.3 is 0 Å². The summed E-state index contributed by atoms with van der Waals surface area (Å²) < 4.78 is 19.8. The van der Waals surface area contributed by atoms with Gasteiger partial charge in [0.2, 0.25) is 11.8 Å². The topological polar surface area (TPSA) is 58.4 Å². The van der Waals surface area contributed by atoms with E-state index in [9.17, 15) is 9.18 Å². The van der Waals surface area contributed by atoms with Crippen molar-refractivity contribution in [2.24, 2.45) is 0 Å². The predicted molar refractivity (Wildman–Crippen MR) is 117 cm³/mol. The molecular formula is C25H22FN3O2. The van der Waals surface area contributed by atoms with Crippen LogP contribution in [0.1, 0.15) is 23.1 Å². The van der Waals surface area contributed by atoms with Gasteiger partial charge in [0.05, 0.1) is 5.69 Å². The number of nitrogens with one attached hydrogen (secondary N) is 1. The van der Waals surface area contributed by atoms with Crippen LogP contribution in [0.2, 0.25) is 0 Å². The van der Waals surface area contributed by atoms with Crippen LogP contribution >= 0.6 is 0 Å². The van der Waals surface area contributed by atoms with E-state index in [1.807, 2.05) is 36.1 Å². The molecule has 1 saturated heterocycles. The molecular weight excluding hydrogens is 393 g/mol. The lowest BCUT2D eigenvalue weighted by atomic mass is 10.0. The van der Waals surface area contributed by atoms with Gasteiger partial charge in [0.25, 0.3) is 0 Å². The van der Waals surface area contributed by atoms with Crippen molar-refractivity contribution in [2.45, 2.75) is 19.5 Å². The van der Waals surface area contributed by atoms with Gasteiger partial charge in [-0.05, 0) is 41.5 Å². The minimum Gasteiger partial charge on any atom is -0.441 e. The molecule has 0 radical (unpaired) electrons. The molecule has 1 aliphatic heterocycles. The van der Waals surface area contributed by atoms with Crippen LogP contribution in [0.4, 0.5) is 4.39 Å². The molecule has 0 aliphatic carbocycles. The zero-order valence-corrected chi connectivity index (χ0v) is 17.1. The Morgan fingerprint density at radius 3 is 2.81 bits per heavy atom. The number of rotatable bonds is 4. The number of aryl methyl sites for hydroxylation is 1. The van der Waals surface area contributed by atoms with Crippen LogP contribution in [-0.2, 0) is 11.3 Å². The quantitative estimate of drug-likeness (QED) is 0.529. The first kappa shape index (κ1) is 19.5. The third-order valence-corrected chi connectivity index (χ3v) is 5.74. The predicted octanol–water partition coefficient (Wildman–Crippen LogP) is 4.62. The van der Waals surface area contributed by atoms with E-state index < -0.39 is 6.04 Å². The standard InChI is InChI=1S/C25H22FN3O2/c1-16-22(28-25(31-16)21-11-5-7-17-6-2-3-10-20(17)21)15-29-13-12-27-24(30)23(29)18-8-4-9-19(26)14-18/h2-11,14,23H,12-13,15H2,1H3,(H,27,30)/t23-/m1/s1. The van der Waals surface area contributed by atoms with Crippen LogP contribution in [-0.4, -0.2) is 28.9 Å². The summed E-state index contributed by atoms with van der Waals surface area (Å²) in [6.45, 7) is 3.51. The van der Waals surface area contributed by atoms with Crippen LogP contribution in [0, 0.1) is 12.7 Å². The fourth-order valence-electron chi connectivity index (χ4n) is 4.22. The number of oxazole rings is 1. The minimum absolute atomic E-state index is 0.132. The van der Waals surface area contributed by atoms with E-state index in [0.29, 0.717) is 36.8 Å². The minimum atomic E-state index is -0.568. The summed E-state index contributed by atoms with van der Waals surface area (Å²) in [4.78, 5) is 19.4. The molecule has 0 bridgehead atoms. The SMILES string of the molecule is Cc1oc(-c2cccc3ccccc23)nc1CN1CCNC(=O)[C@H]1c1cccc(F)c1. The van der Waals surface area contributed by atoms with Crippen molar-refractivity contribution >= 4 is 16.7 Å². The fraction of sp³-hybridized carbons (Fsp3) is 0.200. The molecule has 0 spiro atoms. The molecule has 5 rings (SSSR count). The summed E-state index contributed by atoms with van der Waals surface area (Å²) in [5.41, 5.74) is 2.34. The van der Waals surface area contributed by atoms with E-state index in [1.165, 1.54) is 12.1 Å². The van der Waals surface area contributed by atoms with Gasteiger partial charge in [-0.15, -0.1) is 0 Å². The van der Waals surface area contributed by atoms with E-state index in [0.717, 1.165) is 22.0 Å². The Bertz CT molecular complexity index is 1260. The molecule has 0 saturated carbocycles. The summed E-state index contributed by atoms with van der Waals surface area (Å²) >= 11 is 0. The van der Waals surface area contributed by atoms with Gasteiger partial charge in [-0.3, -0.25) is 9.69 Å². The first-order valence-electron chi connectivity index (χ1n) is 10.3. The maximum atomic E-state index is 13.8. The molecule has 1 fully saturated rings. The number of benzene rings is 3. The van der Waals surface area contributed by atoms with Crippen LogP contribution in [0.3, 0.4) is 0 Å². The van der Waals surface area contributed by atoms with Gasteiger partial charge in [-0.2, -0.15) is 0 Å². The van der Waals surface area contributed by atoms with E-state index in [1.54, 1.807) is 12.1 Å². The van der Waals surface area contributed by atoms with Gasteiger partial charge < -0.3 is 9.73 Å². The highest BCUT2D eigenvalue weighted by atomic mass is 19.1. The zero-order valence-electron chi connectivity index (χ0n) is 17.1. The van der Waals surface area contributed by atoms with Crippen molar-refractivity contribution in [1.82, 2.24) is 15.2 Å². The normalized spacial score (nSPS) is 17.1. The molecule has 1 aromatic heterocycles. The number of nitrogens with zero attached hydrogens (tertiary/aromatic N) is 2. The van der Waals surface area contributed by atoms with Crippen molar-refractivity contribution in [3.63, 3.8) is 0 Å². The number of aromatic nitrogens is 1. The van der Waals surface area contributed by atoms with Gasteiger partial charge in [0.15, 0.2) is 0 Å². The number of halogens is 1. The maximum absolute atomic E-state index is 13.8. The number of hydrogen-bond donors (Lipinski definition) is 1. The molecule has 3 aromatic carbocycles. The van der Waals surface area contributed by atoms with Gasteiger partial charge in [0, 0.05) is 25.2 Å². The first-order valence-corrected chi connectivity index (χ1v) is 10.3. The number of piperazine rings is 1. The zero-order chi connectivity index (χ0) is 21.4. The average Bonchev–Trinajstić information content (AvgIpc) is 3.13. The average molecular weight is 415 g/mol. The van der Waals surface area contributed by atoms with Crippen molar-refractivity contribution in [3.05, 3.63) is 89.6 Å². The molecule has 2 heterocycles. The van der Waals surface area contributed by atoms with Crippen molar-refractivity contribution in [2.75, 3.05) is 13.1 Å². The number of carbonyl (C=O) groups is 1. The Morgan fingerprint density at radius 2 is 1.94 bits per heavy atom. The number of hydrogen-bond acceptors (Lipinski definition) is 4. The Kier molecular flexibility index (Phi) is 5.00. The lowest BCUT2D eigenvalue weighted by molar-refractivity contribution is -0.129. The summed E-state index contributed by atoms with van der Waals surface area (Å²) in [6, 6.07) is 19.8. The monoisotopic (exact) mass is 415 g/mol. The highest BCUT2D eigenvalue weighted by Gasteiger charge is 2.32. The van der Waals surface area contributed by atoms with Crippen molar-refractivity contribution < 1.29 is 13.6 Å². The number of fused-ring (bicyclic) bond motifs is 1. The molecule has 5 nitrogen and oxygen atoms in total. The second kappa shape index (κ2) is 7.96. The van der Waals surface area contributed by atoms with Crippen LogP contribution < -0.4 is 5.32 Å². The molecule has 1 atom stereocenters. The highest BCUT2D eigenvalue weighted by Crippen LogP contribution is 2.31. The lowest BCUT2D eigenvalue weighted by Crippen LogP contribution is -2.49. The van der Waals surface area contributed by atoms with E-state index >= 15 is 0 Å². The second-order valence-corrected chi connectivity index (χ2v) is 7.77. The van der Waals surface area contributed by atoms with Gasteiger partial charge in [-0.1, -0.05) is 48.5 Å². The Labute approximate surface area is 179 Å². The maximum Gasteiger partial charge on any atom is 0.242 e. The van der Waals surface area contributed by atoms with Crippen molar-refractivity contribution in [3.8, 4) is 11.5 Å². The van der Waals surface area contributed by atoms with Crippen LogP contribution in [0.25, 0.3) is 22.2 Å². The molecule has 1 N–H and O–H groups in total. The Hall–Kier alpha value is -3.51. The van der Waals surface area contributed by atoms with Gasteiger partial charge in [0.1, 0.15) is 17.6 Å². The van der Waals surface area contributed by atoms with Gasteiger partial charge in [-0.25, -0.2) is 9.37 Å². The summed E-state index contributed by atoms with van der Waals surface area (Å²) in [5, 5.41) is 5.08. The van der Waals surface area contributed by atoms with E-state index in [2.05, 4.69) is 23.5 Å². The number of carbonyl (C=O) groups excluding carboxylic acids is 1.